The Labute approximate surface area is 90.5 Å². The summed E-state index contributed by atoms with van der Waals surface area (Å²) in [5, 5.41) is 5.08. The number of cyclic esters (lactones) is 1. The maximum Gasteiger partial charge on any atom is 0.377 e. The average Bonchev–Trinajstić information content (AvgIpc) is 2.39. The maximum atomic E-state index is 12.7. The van der Waals surface area contributed by atoms with Crippen LogP contribution in [-0.4, -0.2) is 43.7 Å². The molecule has 92 valence electrons. The molecule has 16 heavy (non-hydrogen) atoms. The first-order valence-electron chi connectivity index (χ1n) is 4.75. The Morgan fingerprint density at radius 2 is 2.25 bits per heavy atom. The second-order valence-electron chi connectivity index (χ2n) is 3.43. The molecule has 0 aromatic rings. The minimum atomic E-state index is -3.38. The number of rotatable bonds is 5. The summed E-state index contributed by atoms with van der Waals surface area (Å²) in [5.74, 6) is -4.85. The number of urea groups is 1. The van der Waals surface area contributed by atoms with E-state index < -0.39 is 30.4 Å². The van der Waals surface area contributed by atoms with Gasteiger partial charge in [-0.1, -0.05) is 0 Å². The fraction of sp³-hybridized carbons (Fsp3) is 0.750. The Hall–Kier alpha value is -1.44. The summed E-state index contributed by atoms with van der Waals surface area (Å²) in [6.07, 6.45) is -1.43. The molecule has 1 aliphatic rings. The molecule has 2 amide bonds. The van der Waals surface area contributed by atoms with E-state index in [4.69, 9.17) is 5.73 Å². The largest absolute Gasteiger partial charge is 0.456 e. The Balaban J connectivity index is 2.11. The number of hydrogen-bond acceptors (Lipinski definition) is 4. The highest BCUT2D eigenvalue weighted by molar-refractivity contribution is 5.79. The second-order valence-corrected chi connectivity index (χ2v) is 3.43. The highest BCUT2D eigenvalue weighted by atomic mass is 19.3. The third-order valence-electron chi connectivity index (χ3n) is 2.03. The number of nitrogens with one attached hydrogen (secondary N) is 2. The van der Waals surface area contributed by atoms with Gasteiger partial charge in [0.05, 0.1) is 6.42 Å². The molecule has 1 rings (SSSR count). The number of halogens is 2. The summed E-state index contributed by atoms with van der Waals surface area (Å²) in [5.41, 5.74) is 4.80. The first-order chi connectivity index (χ1) is 7.42. The van der Waals surface area contributed by atoms with Crippen LogP contribution in [0.2, 0.25) is 0 Å². The molecule has 0 aromatic heterocycles. The third kappa shape index (κ3) is 3.61. The van der Waals surface area contributed by atoms with E-state index in [-0.39, 0.29) is 13.1 Å². The van der Waals surface area contributed by atoms with Gasteiger partial charge in [0, 0.05) is 19.6 Å². The number of esters is 1. The van der Waals surface area contributed by atoms with E-state index in [9.17, 15) is 18.4 Å². The van der Waals surface area contributed by atoms with Crippen molar-refractivity contribution in [1.29, 1.82) is 0 Å². The van der Waals surface area contributed by atoms with E-state index in [1.807, 2.05) is 0 Å². The van der Waals surface area contributed by atoms with Gasteiger partial charge in [-0.05, 0) is 0 Å². The first-order valence-corrected chi connectivity index (χ1v) is 4.75. The number of hydrogen-bond donors (Lipinski definition) is 3. The molecule has 1 aliphatic heterocycles. The summed E-state index contributed by atoms with van der Waals surface area (Å²) in [7, 11) is 0. The van der Waals surface area contributed by atoms with Crippen LogP contribution in [0.4, 0.5) is 13.6 Å². The fourth-order valence-corrected chi connectivity index (χ4v) is 1.30. The number of carbonyl (C=O) groups is 2. The van der Waals surface area contributed by atoms with Crippen molar-refractivity contribution in [3.63, 3.8) is 0 Å². The summed E-state index contributed by atoms with van der Waals surface area (Å²) in [6, 6.07) is -0.652. The van der Waals surface area contributed by atoms with Crippen molar-refractivity contribution < 1.29 is 23.1 Å². The van der Waals surface area contributed by atoms with Crippen LogP contribution in [0.5, 0.6) is 0 Å². The van der Waals surface area contributed by atoms with Crippen LogP contribution in [-0.2, 0) is 9.53 Å². The summed E-state index contributed by atoms with van der Waals surface area (Å²) in [4.78, 5) is 20.9. The highest BCUT2D eigenvalue weighted by Gasteiger charge is 2.50. The number of carbonyl (C=O) groups excluding carboxylic acids is 2. The van der Waals surface area contributed by atoms with E-state index in [0.717, 1.165) is 0 Å². The lowest BCUT2D eigenvalue weighted by Crippen LogP contribution is -2.37. The smallest absolute Gasteiger partial charge is 0.377 e. The number of primary amides is 1. The fourth-order valence-electron chi connectivity index (χ4n) is 1.30. The summed E-state index contributed by atoms with van der Waals surface area (Å²) < 4.78 is 29.8. The topological polar surface area (TPSA) is 93.5 Å². The molecule has 0 aromatic carbocycles. The molecule has 1 unspecified atom stereocenters. The van der Waals surface area contributed by atoms with Gasteiger partial charge in [-0.3, -0.25) is 0 Å². The van der Waals surface area contributed by atoms with E-state index in [1.165, 1.54) is 0 Å². The minimum Gasteiger partial charge on any atom is -0.456 e. The van der Waals surface area contributed by atoms with Crippen LogP contribution in [0.25, 0.3) is 0 Å². The summed E-state index contributed by atoms with van der Waals surface area (Å²) in [6.45, 7) is 0.775. The minimum absolute atomic E-state index is 0.127. The van der Waals surface area contributed by atoms with E-state index >= 15 is 0 Å². The first kappa shape index (κ1) is 12.6. The zero-order valence-electron chi connectivity index (χ0n) is 8.46. The molecule has 8 heteroatoms. The normalized spacial score (nSPS) is 22.9. The molecule has 0 radical (unpaired) electrons. The molecular formula is C8H13F2N3O3. The van der Waals surface area contributed by atoms with Gasteiger partial charge in [0.15, 0.2) is 0 Å². The van der Waals surface area contributed by atoms with Crippen LogP contribution < -0.4 is 16.4 Å². The van der Waals surface area contributed by atoms with Crippen molar-refractivity contribution in [2.75, 3.05) is 19.6 Å². The Morgan fingerprint density at radius 3 is 2.75 bits per heavy atom. The van der Waals surface area contributed by atoms with Gasteiger partial charge in [-0.15, -0.1) is 0 Å². The Morgan fingerprint density at radius 1 is 1.56 bits per heavy atom. The molecule has 4 N–H and O–H groups in total. The molecule has 1 fully saturated rings. The summed E-state index contributed by atoms with van der Waals surface area (Å²) >= 11 is 0. The molecule has 0 aliphatic carbocycles. The van der Waals surface area contributed by atoms with Crippen LogP contribution in [0.3, 0.4) is 0 Å². The number of alkyl halides is 2. The van der Waals surface area contributed by atoms with Crippen molar-refractivity contribution in [3.8, 4) is 0 Å². The van der Waals surface area contributed by atoms with Gasteiger partial charge in [0.2, 0.25) is 0 Å². The lowest BCUT2D eigenvalue weighted by atomic mass is 10.2. The van der Waals surface area contributed by atoms with Gasteiger partial charge in [0.25, 0.3) is 0 Å². The lowest BCUT2D eigenvalue weighted by molar-refractivity contribution is -0.158. The third-order valence-corrected chi connectivity index (χ3v) is 2.03. The standard InChI is InChI=1S/C8H13F2N3O3/c9-8(10)3-5(16-6(8)14)4-12-1-2-13-7(11)15/h5,12H,1-4H2,(H3,11,13,15). The van der Waals surface area contributed by atoms with Gasteiger partial charge in [0.1, 0.15) is 6.10 Å². The van der Waals surface area contributed by atoms with Crippen molar-refractivity contribution in [2.45, 2.75) is 18.4 Å². The lowest BCUT2D eigenvalue weighted by Gasteiger charge is -2.09. The van der Waals surface area contributed by atoms with Gasteiger partial charge < -0.3 is 21.1 Å². The molecule has 1 atom stereocenters. The molecular weight excluding hydrogens is 224 g/mol. The predicted octanol–water partition coefficient (Wildman–Crippen LogP) is -0.805. The highest BCUT2D eigenvalue weighted by Crippen LogP contribution is 2.30. The van der Waals surface area contributed by atoms with Crippen molar-refractivity contribution in [1.82, 2.24) is 10.6 Å². The predicted molar refractivity (Wildman–Crippen MR) is 49.9 cm³/mol. The SMILES string of the molecule is NC(=O)NCCNCC1CC(F)(F)C(=O)O1. The molecule has 1 saturated heterocycles. The van der Waals surface area contributed by atoms with E-state index in [2.05, 4.69) is 15.4 Å². The van der Waals surface area contributed by atoms with E-state index in [1.54, 1.807) is 0 Å². The zero-order valence-corrected chi connectivity index (χ0v) is 8.46. The van der Waals surface area contributed by atoms with Gasteiger partial charge in [-0.25, -0.2) is 9.59 Å². The van der Waals surface area contributed by atoms with Crippen molar-refractivity contribution in [2.24, 2.45) is 5.73 Å². The number of ether oxygens (including phenoxy) is 1. The van der Waals surface area contributed by atoms with Crippen LogP contribution in [0.15, 0.2) is 0 Å². The number of nitrogens with two attached hydrogens (primary N) is 1. The van der Waals surface area contributed by atoms with E-state index in [0.29, 0.717) is 6.54 Å². The molecule has 0 spiro atoms. The molecule has 6 nitrogen and oxygen atoms in total. The second kappa shape index (κ2) is 5.06. The van der Waals surface area contributed by atoms with Crippen molar-refractivity contribution >= 4 is 12.0 Å². The van der Waals surface area contributed by atoms with Crippen molar-refractivity contribution in [3.05, 3.63) is 0 Å². The Bertz CT molecular complexity index is 286. The van der Waals surface area contributed by atoms with Gasteiger partial charge in [-0.2, -0.15) is 8.78 Å². The zero-order chi connectivity index (χ0) is 12.2. The Kier molecular flexibility index (Phi) is 3.99. The van der Waals surface area contributed by atoms with Crippen LogP contribution >= 0.6 is 0 Å². The number of amides is 2. The molecule has 1 heterocycles. The monoisotopic (exact) mass is 237 g/mol. The van der Waals surface area contributed by atoms with Gasteiger partial charge >= 0.3 is 17.9 Å². The van der Waals surface area contributed by atoms with Crippen LogP contribution in [0.1, 0.15) is 6.42 Å². The quantitative estimate of drug-likeness (QED) is 0.431. The average molecular weight is 237 g/mol. The maximum absolute atomic E-state index is 12.7. The van der Waals surface area contributed by atoms with Crippen LogP contribution in [0, 0.1) is 0 Å². The molecule has 0 bridgehead atoms. The molecule has 0 saturated carbocycles.